The Kier molecular flexibility index (Phi) is 5.00. The zero-order valence-corrected chi connectivity index (χ0v) is 14.8. The molecule has 1 aliphatic rings. The van der Waals surface area contributed by atoms with E-state index < -0.39 is 0 Å². The van der Waals surface area contributed by atoms with Crippen LogP contribution < -0.4 is 10.5 Å². The zero-order chi connectivity index (χ0) is 17.1. The fraction of sp³-hybridized carbons (Fsp3) is 0.474. The van der Waals surface area contributed by atoms with Crippen molar-refractivity contribution in [1.82, 2.24) is 14.9 Å². The highest BCUT2D eigenvalue weighted by Crippen LogP contribution is 2.15. The molecule has 0 bridgehead atoms. The van der Waals surface area contributed by atoms with Gasteiger partial charge in [-0.3, -0.25) is 9.78 Å². The summed E-state index contributed by atoms with van der Waals surface area (Å²) in [6, 6.07) is 8.19. The highest BCUT2D eigenvalue weighted by Gasteiger charge is 2.19. The number of aromatic amines is 1. The molecule has 128 valence electrons. The molecule has 2 aromatic rings. The van der Waals surface area contributed by atoms with E-state index >= 15 is 0 Å². The maximum Gasteiger partial charge on any atom is 0.256 e. The zero-order valence-electron chi connectivity index (χ0n) is 14.8. The molecule has 0 atom stereocenters. The second kappa shape index (κ2) is 7.18. The molecule has 0 aliphatic carbocycles. The topological polar surface area (TPSA) is 52.2 Å². The minimum atomic E-state index is -0.0151. The Morgan fingerprint density at radius 3 is 2.46 bits per heavy atom. The van der Waals surface area contributed by atoms with Gasteiger partial charge in [-0.05, 0) is 31.5 Å². The summed E-state index contributed by atoms with van der Waals surface area (Å²) in [7, 11) is 0. The van der Waals surface area contributed by atoms with Gasteiger partial charge in [-0.1, -0.05) is 31.2 Å². The van der Waals surface area contributed by atoms with Crippen molar-refractivity contribution >= 4 is 5.95 Å². The molecule has 1 aromatic carbocycles. The summed E-state index contributed by atoms with van der Waals surface area (Å²) in [5.74, 6) is 0.710. The predicted octanol–water partition coefficient (Wildman–Crippen LogP) is 2.12. The Morgan fingerprint density at radius 1 is 1.12 bits per heavy atom. The van der Waals surface area contributed by atoms with Crippen LogP contribution in [-0.4, -0.2) is 47.6 Å². The minimum absolute atomic E-state index is 0.0151. The molecular formula is C19H26N4O. The quantitative estimate of drug-likeness (QED) is 0.935. The SMILES string of the molecule is CCN1CCN(c2nc(C)c(Cc3ccccc3C)c(=O)[nH]2)CC1. The first kappa shape index (κ1) is 16.7. The van der Waals surface area contributed by atoms with E-state index in [0.717, 1.165) is 44.0 Å². The molecule has 0 radical (unpaired) electrons. The van der Waals surface area contributed by atoms with Gasteiger partial charge < -0.3 is 9.80 Å². The third-order valence-corrected chi connectivity index (χ3v) is 4.96. The van der Waals surface area contributed by atoms with Crippen molar-refractivity contribution in [1.29, 1.82) is 0 Å². The lowest BCUT2D eigenvalue weighted by Gasteiger charge is -2.34. The lowest BCUT2D eigenvalue weighted by atomic mass is 10.0. The average molecular weight is 326 g/mol. The number of H-pyrrole nitrogens is 1. The van der Waals surface area contributed by atoms with Crippen molar-refractivity contribution in [2.75, 3.05) is 37.6 Å². The van der Waals surface area contributed by atoms with E-state index in [1.54, 1.807) is 0 Å². The summed E-state index contributed by atoms with van der Waals surface area (Å²) in [5.41, 5.74) is 3.96. The van der Waals surface area contributed by atoms with E-state index in [1.807, 2.05) is 19.1 Å². The van der Waals surface area contributed by atoms with Crippen LogP contribution in [-0.2, 0) is 6.42 Å². The van der Waals surface area contributed by atoms with Gasteiger partial charge in [-0.2, -0.15) is 0 Å². The number of rotatable bonds is 4. The van der Waals surface area contributed by atoms with E-state index in [0.29, 0.717) is 12.4 Å². The van der Waals surface area contributed by atoms with Crippen LogP contribution >= 0.6 is 0 Å². The van der Waals surface area contributed by atoms with E-state index in [2.05, 4.69) is 45.7 Å². The molecule has 1 saturated heterocycles. The summed E-state index contributed by atoms with van der Waals surface area (Å²) < 4.78 is 0. The van der Waals surface area contributed by atoms with Gasteiger partial charge >= 0.3 is 0 Å². The maximum absolute atomic E-state index is 12.6. The van der Waals surface area contributed by atoms with Gasteiger partial charge in [0.1, 0.15) is 0 Å². The monoisotopic (exact) mass is 326 g/mol. The first-order valence-corrected chi connectivity index (χ1v) is 8.70. The summed E-state index contributed by atoms with van der Waals surface area (Å²) in [6.45, 7) is 11.1. The number of hydrogen-bond acceptors (Lipinski definition) is 4. The number of aromatic nitrogens is 2. The Morgan fingerprint density at radius 2 is 1.83 bits per heavy atom. The minimum Gasteiger partial charge on any atom is -0.340 e. The molecule has 1 aliphatic heterocycles. The average Bonchev–Trinajstić information content (AvgIpc) is 2.59. The van der Waals surface area contributed by atoms with Crippen molar-refractivity contribution in [3.8, 4) is 0 Å². The van der Waals surface area contributed by atoms with E-state index in [-0.39, 0.29) is 5.56 Å². The van der Waals surface area contributed by atoms with Crippen LogP contribution in [0.25, 0.3) is 0 Å². The molecule has 1 aromatic heterocycles. The van der Waals surface area contributed by atoms with Crippen LogP contribution in [0.1, 0.15) is 29.3 Å². The van der Waals surface area contributed by atoms with Crippen molar-refractivity contribution < 1.29 is 0 Å². The Balaban J connectivity index is 1.82. The number of likely N-dealkylation sites (N-methyl/N-ethyl adjacent to an activating group) is 1. The predicted molar refractivity (Wildman–Crippen MR) is 97.9 cm³/mol. The Labute approximate surface area is 143 Å². The van der Waals surface area contributed by atoms with E-state index in [4.69, 9.17) is 0 Å². The van der Waals surface area contributed by atoms with Crippen LogP contribution in [0.2, 0.25) is 0 Å². The normalized spacial score (nSPS) is 15.7. The molecule has 2 heterocycles. The molecule has 0 unspecified atom stereocenters. The Bertz CT molecular complexity index is 760. The fourth-order valence-corrected chi connectivity index (χ4v) is 3.23. The summed E-state index contributed by atoms with van der Waals surface area (Å²) in [5, 5.41) is 0. The van der Waals surface area contributed by atoms with Crippen molar-refractivity contribution in [2.24, 2.45) is 0 Å². The largest absolute Gasteiger partial charge is 0.340 e. The molecular weight excluding hydrogens is 300 g/mol. The highest BCUT2D eigenvalue weighted by molar-refractivity contribution is 5.37. The van der Waals surface area contributed by atoms with Crippen LogP contribution in [0.3, 0.4) is 0 Å². The third kappa shape index (κ3) is 3.51. The van der Waals surface area contributed by atoms with E-state index in [9.17, 15) is 4.79 Å². The van der Waals surface area contributed by atoms with Gasteiger partial charge in [0.2, 0.25) is 5.95 Å². The number of aryl methyl sites for hydroxylation is 2. The number of anilines is 1. The molecule has 5 heteroatoms. The molecule has 24 heavy (non-hydrogen) atoms. The van der Waals surface area contributed by atoms with Crippen molar-refractivity contribution in [2.45, 2.75) is 27.2 Å². The second-order valence-corrected chi connectivity index (χ2v) is 6.48. The number of nitrogens with zero attached hydrogens (tertiary/aromatic N) is 3. The van der Waals surface area contributed by atoms with Gasteiger partial charge in [0.05, 0.1) is 5.69 Å². The number of nitrogens with one attached hydrogen (secondary N) is 1. The van der Waals surface area contributed by atoms with Gasteiger partial charge in [0.25, 0.3) is 5.56 Å². The molecule has 0 spiro atoms. The highest BCUT2D eigenvalue weighted by atomic mass is 16.1. The van der Waals surface area contributed by atoms with Gasteiger partial charge in [0.15, 0.2) is 0 Å². The van der Waals surface area contributed by atoms with Crippen LogP contribution in [0.5, 0.6) is 0 Å². The lowest BCUT2D eigenvalue weighted by Crippen LogP contribution is -2.47. The summed E-state index contributed by atoms with van der Waals surface area (Å²) in [4.78, 5) is 24.9. The first-order valence-electron chi connectivity index (χ1n) is 8.70. The van der Waals surface area contributed by atoms with Crippen molar-refractivity contribution in [3.63, 3.8) is 0 Å². The Hall–Kier alpha value is -2.14. The molecule has 1 N–H and O–H groups in total. The second-order valence-electron chi connectivity index (χ2n) is 6.48. The first-order chi connectivity index (χ1) is 11.6. The summed E-state index contributed by atoms with van der Waals surface area (Å²) >= 11 is 0. The standard InChI is InChI=1S/C19H26N4O/c1-4-22-9-11-23(12-10-22)19-20-15(3)17(18(24)21-19)13-16-8-6-5-7-14(16)2/h5-8H,4,9-13H2,1-3H3,(H,20,21,24). The molecule has 1 fully saturated rings. The summed E-state index contributed by atoms with van der Waals surface area (Å²) in [6.07, 6.45) is 0.630. The van der Waals surface area contributed by atoms with Crippen molar-refractivity contribution in [3.05, 3.63) is 57.0 Å². The lowest BCUT2D eigenvalue weighted by molar-refractivity contribution is 0.269. The molecule has 0 amide bonds. The fourth-order valence-electron chi connectivity index (χ4n) is 3.23. The van der Waals surface area contributed by atoms with Crippen LogP contribution in [0.15, 0.2) is 29.1 Å². The van der Waals surface area contributed by atoms with Gasteiger partial charge in [0, 0.05) is 38.2 Å². The van der Waals surface area contributed by atoms with Gasteiger partial charge in [-0.15, -0.1) is 0 Å². The number of hydrogen-bond donors (Lipinski definition) is 1. The number of benzene rings is 1. The van der Waals surface area contributed by atoms with E-state index in [1.165, 1.54) is 11.1 Å². The van der Waals surface area contributed by atoms with Crippen LogP contribution in [0.4, 0.5) is 5.95 Å². The number of piperazine rings is 1. The van der Waals surface area contributed by atoms with Gasteiger partial charge in [-0.25, -0.2) is 4.98 Å². The molecule has 0 saturated carbocycles. The van der Waals surface area contributed by atoms with Crippen LogP contribution in [0, 0.1) is 13.8 Å². The molecule has 3 rings (SSSR count). The maximum atomic E-state index is 12.6. The molecule has 5 nitrogen and oxygen atoms in total. The smallest absolute Gasteiger partial charge is 0.256 e. The third-order valence-electron chi connectivity index (χ3n) is 4.96.